The first-order valence-electron chi connectivity index (χ1n) is 5.89. The van der Waals surface area contributed by atoms with Crippen LogP contribution in [-0.2, 0) is 18.8 Å². The number of rotatable bonds is 2. The van der Waals surface area contributed by atoms with E-state index in [0.717, 1.165) is 0 Å². The zero-order valence-corrected chi connectivity index (χ0v) is 11.3. The first-order valence-corrected chi connectivity index (χ1v) is 5.89. The highest BCUT2D eigenvalue weighted by atomic mass is 19.4. The molecule has 0 saturated carbocycles. The summed E-state index contributed by atoms with van der Waals surface area (Å²) in [4.78, 5) is 0. The van der Waals surface area contributed by atoms with E-state index in [4.69, 9.17) is 0 Å². The molecule has 1 aromatic rings. The fraction of sp³-hybridized carbons (Fsp3) is 0.538. The fourth-order valence-electron chi connectivity index (χ4n) is 1.73. The van der Waals surface area contributed by atoms with Crippen molar-refractivity contribution in [1.29, 1.82) is 0 Å². The van der Waals surface area contributed by atoms with Crippen LogP contribution in [0.3, 0.4) is 0 Å². The van der Waals surface area contributed by atoms with Crippen molar-refractivity contribution in [1.82, 2.24) is 0 Å². The number of benzene rings is 1. The Morgan fingerprint density at radius 3 is 1.32 bits per heavy atom. The van der Waals surface area contributed by atoms with Gasteiger partial charge >= 0.3 is 18.5 Å². The van der Waals surface area contributed by atoms with Gasteiger partial charge in [-0.1, -0.05) is 13.8 Å². The SMILES string of the molecule is CC(C)(Cc1cc(C(F)(F)F)cc(C(F)(F)F)c1)C(F)(F)F. The van der Waals surface area contributed by atoms with Crippen LogP contribution < -0.4 is 0 Å². The van der Waals surface area contributed by atoms with Crippen molar-refractivity contribution in [2.45, 2.75) is 38.8 Å². The van der Waals surface area contributed by atoms with E-state index in [9.17, 15) is 39.5 Å². The highest BCUT2D eigenvalue weighted by molar-refractivity contribution is 5.34. The van der Waals surface area contributed by atoms with Crippen LogP contribution in [0.4, 0.5) is 39.5 Å². The molecule has 0 spiro atoms. The summed E-state index contributed by atoms with van der Waals surface area (Å²) in [5, 5.41) is 0. The van der Waals surface area contributed by atoms with Crippen molar-refractivity contribution in [3.8, 4) is 0 Å². The third-order valence-electron chi connectivity index (χ3n) is 3.06. The molecule has 0 heterocycles. The molecule has 0 fully saturated rings. The van der Waals surface area contributed by atoms with Crippen LogP contribution in [0.1, 0.15) is 30.5 Å². The molecule has 1 rings (SSSR count). The number of hydrogen-bond acceptors (Lipinski definition) is 0. The van der Waals surface area contributed by atoms with E-state index < -0.39 is 47.1 Å². The van der Waals surface area contributed by atoms with Gasteiger partial charge in [-0.2, -0.15) is 39.5 Å². The summed E-state index contributed by atoms with van der Waals surface area (Å²) in [6, 6.07) is 0.496. The van der Waals surface area contributed by atoms with Crippen LogP contribution >= 0.6 is 0 Å². The monoisotopic (exact) mass is 338 g/mol. The molecule has 0 saturated heterocycles. The van der Waals surface area contributed by atoms with Gasteiger partial charge in [-0.3, -0.25) is 0 Å². The molecule has 0 aliphatic rings. The molecule has 0 amide bonds. The van der Waals surface area contributed by atoms with Gasteiger partial charge in [0.2, 0.25) is 0 Å². The Kier molecular flexibility index (Phi) is 4.53. The molecular formula is C13H11F9. The lowest BCUT2D eigenvalue weighted by Crippen LogP contribution is -2.34. The van der Waals surface area contributed by atoms with Crippen LogP contribution in [0, 0.1) is 5.41 Å². The second-order valence-electron chi connectivity index (χ2n) is 5.47. The Balaban J connectivity index is 3.37. The van der Waals surface area contributed by atoms with Gasteiger partial charge in [0, 0.05) is 0 Å². The van der Waals surface area contributed by atoms with E-state index in [1.54, 1.807) is 0 Å². The minimum absolute atomic E-state index is 0.121. The van der Waals surface area contributed by atoms with Crippen LogP contribution in [0.15, 0.2) is 18.2 Å². The van der Waals surface area contributed by atoms with E-state index in [2.05, 4.69) is 0 Å². The predicted octanol–water partition coefficient (Wildman–Crippen LogP) is 5.86. The van der Waals surface area contributed by atoms with Gasteiger partial charge < -0.3 is 0 Å². The second-order valence-corrected chi connectivity index (χ2v) is 5.47. The maximum atomic E-state index is 12.7. The normalized spacial score (nSPS) is 14.3. The average molecular weight is 338 g/mol. The first-order chi connectivity index (χ1) is 9.54. The lowest BCUT2D eigenvalue weighted by molar-refractivity contribution is -0.211. The van der Waals surface area contributed by atoms with E-state index in [0.29, 0.717) is 26.0 Å². The Morgan fingerprint density at radius 2 is 1.05 bits per heavy atom. The summed E-state index contributed by atoms with van der Waals surface area (Å²) in [5.74, 6) is 0. The minimum atomic E-state index is -5.08. The molecule has 22 heavy (non-hydrogen) atoms. The maximum absolute atomic E-state index is 12.7. The minimum Gasteiger partial charge on any atom is -0.171 e. The standard InChI is InChI=1S/C13H11F9/c1-10(2,13(20,21)22)6-7-3-8(11(14,15)16)5-9(4-7)12(17,18)19/h3-5H,6H2,1-2H3. The van der Waals surface area contributed by atoms with Crippen molar-refractivity contribution >= 4 is 0 Å². The Hall–Kier alpha value is -1.41. The summed E-state index contributed by atoms with van der Waals surface area (Å²) in [6.07, 6.45) is -15.9. The van der Waals surface area contributed by atoms with Gasteiger partial charge in [-0.05, 0) is 30.2 Å². The van der Waals surface area contributed by atoms with Gasteiger partial charge in [0.15, 0.2) is 0 Å². The molecule has 0 N–H and O–H groups in total. The van der Waals surface area contributed by atoms with Crippen molar-refractivity contribution in [3.63, 3.8) is 0 Å². The fourth-order valence-corrected chi connectivity index (χ4v) is 1.73. The summed E-state index contributed by atoms with van der Waals surface area (Å²) in [5.41, 5.74) is -6.39. The van der Waals surface area contributed by atoms with Crippen LogP contribution in [-0.4, -0.2) is 6.18 Å². The van der Waals surface area contributed by atoms with Gasteiger partial charge in [0.1, 0.15) is 0 Å². The zero-order valence-electron chi connectivity index (χ0n) is 11.3. The molecule has 0 aromatic heterocycles. The van der Waals surface area contributed by atoms with Crippen molar-refractivity contribution in [2.75, 3.05) is 0 Å². The third-order valence-corrected chi connectivity index (χ3v) is 3.06. The van der Waals surface area contributed by atoms with Crippen LogP contribution in [0.25, 0.3) is 0 Å². The number of alkyl halides is 9. The lowest BCUT2D eigenvalue weighted by Gasteiger charge is -2.28. The number of halogens is 9. The smallest absolute Gasteiger partial charge is 0.171 e. The maximum Gasteiger partial charge on any atom is 0.416 e. The second kappa shape index (κ2) is 5.34. The molecule has 0 unspecified atom stereocenters. The molecule has 1 aromatic carbocycles. The Morgan fingerprint density at radius 1 is 0.682 bits per heavy atom. The summed E-state index contributed by atoms with van der Waals surface area (Å²) in [6.45, 7) is 1.42. The van der Waals surface area contributed by atoms with Crippen molar-refractivity contribution < 1.29 is 39.5 Å². The van der Waals surface area contributed by atoms with Crippen LogP contribution in [0.5, 0.6) is 0 Å². The molecule has 9 heteroatoms. The van der Waals surface area contributed by atoms with E-state index in [-0.39, 0.29) is 6.07 Å². The number of hydrogen-bond donors (Lipinski definition) is 0. The van der Waals surface area contributed by atoms with E-state index in [1.165, 1.54) is 0 Å². The first kappa shape index (κ1) is 18.6. The third kappa shape index (κ3) is 4.30. The topological polar surface area (TPSA) is 0 Å². The summed E-state index contributed by atoms with van der Waals surface area (Å²) in [7, 11) is 0. The van der Waals surface area contributed by atoms with Gasteiger partial charge in [-0.15, -0.1) is 0 Å². The van der Waals surface area contributed by atoms with Gasteiger partial charge in [0.25, 0.3) is 0 Å². The summed E-state index contributed by atoms with van der Waals surface area (Å²) >= 11 is 0. The highest BCUT2D eigenvalue weighted by Gasteiger charge is 2.47. The molecule has 126 valence electrons. The molecule has 0 radical (unpaired) electrons. The average Bonchev–Trinajstić information content (AvgIpc) is 2.23. The lowest BCUT2D eigenvalue weighted by atomic mass is 9.84. The highest BCUT2D eigenvalue weighted by Crippen LogP contribution is 2.42. The molecule has 0 nitrogen and oxygen atoms in total. The molecular weight excluding hydrogens is 327 g/mol. The zero-order chi connectivity index (χ0) is 17.6. The van der Waals surface area contributed by atoms with Crippen molar-refractivity contribution in [3.05, 3.63) is 34.9 Å². The summed E-state index contributed by atoms with van der Waals surface area (Å²) < 4.78 is 114. The molecule has 0 bridgehead atoms. The van der Waals surface area contributed by atoms with Gasteiger partial charge in [0.05, 0.1) is 16.5 Å². The molecule has 0 aliphatic heterocycles. The van der Waals surface area contributed by atoms with Gasteiger partial charge in [-0.25, -0.2) is 0 Å². The Labute approximate surface area is 119 Å². The quantitative estimate of drug-likeness (QED) is 0.593. The van der Waals surface area contributed by atoms with E-state index in [1.807, 2.05) is 0 Å². The van der Waals surface area contributed by atoms with E-state index >= 15 is 0 Å². The predicted molar refractivity (Wildman–Crippen MR) is 60.0 cm³/mol. The molecule has 0 aliphatic carbocycles. The molecule has 0 atom stereocenters. The largest absolute Gasteiger partial charge is 0.416 e. The van der Waals surface area contributed by atoms with Crippen molar-refractivity contribution in [2.24, 2.45) is 5.41 Å². The van der Waals surface area contributed by atoms with Crippen LogP contribution in [0.2, 0.25) is 0 Å². The Bertz CT molecular complexity index is 500.